The predicted molar refractivity (Wildman–Crippen MR) is 105 cm³/mol. The zero-order chi connectivity index (χ0) is 19.2. The zero-order valence-electron chi connectivity index (χ0n) is 15.6. The smallest absolute Gasteiger partial charge is 0.220 e. The van der Waals surface area contributed by atoms with Crippen molar-refractivity contribution in [2.45, 2.75) is 18.9 Å². The van der Waals surface area contributed by atoms with E-state index in [4.69, 9.17) is 9.47 Å². The molecule has 3 rings (SSSR count). The molecule has 27 heavy (non-hydrogen) atoms. The molecule has 0 radical (unpaired) electrons. The molecular formula is C20H24N2O4S. The standard InChI is InChI=1S/C20H24N2O4S/c1-22(2)15(19-4-3-11-27-19)13-21-20(24)8-6-16(23)14-5-7-17-18(12-14)26-10-9-25-17/h3-5,7,11-12,15H,6,8-10,13H2,1-2H3,(H,21,24). The third-order valence-electron chi connectivity index (χ3n) is 4.43. The molecule has 1 aliphatic rings. The highest BCUT2D eigenvalue weighted by atomic mass is 32.1. The van der Waals surface area contributed by atoms with Crippen molar-refractivity contribution < 1.29 is 19.1 Å². The van der Waals surface area contributed by atoms with Gasteiger partial charge in [-0.2, -0.15) is 0 Å². The van der Waals surface area contributed by atoms with Crippen LogP contribution in [0.15, 0.2) is 35.7 Å². The van der Waals surface area contributed by atoms with E-state index < -0.39 is 0 Å². The molecule has 1 N–H and O–H groups in total. The van der Waals surface area contributed by atoms with Gasteiger partial charge in [-0.1, -0.05) is 6.07 Å². The Bertz CT molecular complexity index is 789. The van der Waals surface area contributed by atoms with Crippen molar-refractivity contribution >= 4 is 23.0 Å². The second-order valence-electron chi connectivity index (χ2n) is 6.58. The molecule has 6 nitrogen and oxygen atoms in total. The second kappa shape index (κ2) is 9.01. The fourth-order valence-corrected chi connectivity index (χ4v) is 3.83. The molecule has 0 fully saturated rings. The number of ether oxygens (including phenoxy) is 2. The molecule has 144 valence electrons. The lowest BCUT2D eigenvalue weighted by Crippen LogP contribution is -2.34. The summed E-state index contributed by atoms with van der Waals surface area (Å²) in [5.41, 5.74) is 0.539. The van der Waals surface area contributed by atoms with Crippen molar-refractivity contribution in [3.63, 3.8) is 0 Å². The van der Waals surface area contributed by atoms with E-state index in [0.717, 1.165) is 0 Å². The number of Topliss-reactive ketones (excluding diaryl/α,β-unsaturated/α-hetero) is 1. The number of benzene rings is 1. The van der Waals surface area contributed by atoms with Gasteiger partial charge in [-0.15, -0.1) is 11.3 Å². The van der Waals surface area contributed by atoms with Crippen LogP contribution in [0.3, 0.4) is 0 Å². The number of ketones is 1. The molecule has 0 saturated carbocycles. The molecule has 1 amide bonds. The summed E-state index contributed by atoms with van der Waals surface area (Å²) < 4.78 is 11.0. The topological polar surface area (TPSA) is 67.9 Å². The number of fused-ring (bicyclic) bond motifs is 1. The lowest BCUT2D eigenvalue weighted by atomic mass is 10.1. The Morgan fingerprint density at radius 2 is 1.93 bits per heavy atom. The molecule has 1 atom stereocenters. The number of nitrogens with one attached hydrogen (secondary N) is 1. The average Bonchev–Trinajstić information content (AvgIpc) is 3.20. The van der Waals surface area contributed by atoms with Gasteiger partial charge in [0.05, 0.1) is 6.04 Å². The van der Waals surface area contributed by atoms with E-state index in [1.165, 1.54) is 4.88 Å². The van der Waals surface area contributed by atoms with Crippen molar-refractivity contribution in [1.82, 2.24) is 10.2 Å². The van der Waals surface area contributed by atoms with Crippen LogP contribution in [0.1, 0.15) is 34.1 Å². The maximum Gasteiger partial charge on any atom is 0.220 e. The van der Waals surface area contributed by atoms with Gasteiger partial charge >= 0.3 is 0 Å². The Hall–Kier alpha value is -2.38. The summed E-state index contributed by atoms with van der Waals surface area (Å²) in [5, 5.41) is 4.97. The molecule has 7 heteroatoms. The summed E-state index contributed by atoms with van der Waals surface area (Å²) in [6.45, 7) is 1.51. The Balaban J connectivity index is 1.49. The van der Waals surface area contributed by atoms with Crippen LogP contribution in [0.25, 0.3) is 0 Å². The largest absolute Gasteiger partial charge is 0.486 e. The minimum Gasteiger partial charge on any atom is -0.486 e. The van der Waals surface area contributed by atoms with Gasteiger partial charge in [-0.3, -0.25) is 9.59 Å². The van der Waals surface area contributed by atoms with Gasteiger partial charge < -0.3 is 19.7 Å². The van der Waals surface area contributed by atoms with Gasteiger partial charge in [0.2, 0.25) is 5.91 Å². The maximum absolute atomic E-state index is 12.4. The van der Waals surface area contributed by atoms with Gasteiger partial charge in [0, 0.05) is 29.8 Å². The van der Waals surface area contributed by atoms with E-state index in [1.807, 2.05) is 25.5 Å². The molecule has 1 aromatic carbocycles. The normalized spacial score (nSPS) is 14.0. The third kappa shape index (κ3) is 5.08. The molecule has 0 spiro atoms. The lowest BCUT2D eigenvalue weighted by Gasteiger charge is -2.23. The monoisotopic (exact) mass is 388 g/mol. The van der Waals surface area contributed by atoms with Crippen LogP contribution in [-0.2, 0) is 4.79 Å². The van der Waals surface area contributed by atoms with E-state index >= 15 is 0 Å². The highest BCUT2D eigenvalue weighted by Crippen LogP contribution is 2.31. The van der Waals surface area contributed by atoms with Gasteiger partial charge in [-0.25, -0.2) is 0 Å². The number of carbonyl (C=O) groups is 2. The number of rotatable bonds is 8. The minimum absolute atomic E-state index is 0.0791. The van der Waals surface area contributed by atoms with Crippen LogP contribution >= 0.6 is 11.3 Å². The van der Waals surface area contributed by atoms with Crippen LogP contribution in [0.2, 0.25) is 0 Å². The fraction of sp³-hybridized carbons (Fsp3) is 0.400. The van der Waals surface area contributed by atoms with Crippen molar-refractivity contribution in [2.75, 3.05) is 33.9 Å². The molecule has 0 aliphatic carbocycles. The quantitative estimate of drug-likeness (QED) is 0.705. The number of amides is 1. The SMILES string of the molecule is CN(C)C(CNC(=O)CCC(=O)c1ccc2c(c1)OCCO2)c1cccs1. The van der Waals surface area contributed by atoms with Gasteiger partial charge in [0.25, 0.3) is 0 Å². The Kier molecular flexibility index (Phi) is 6.47. The summed E-state index contributed by atoms with van der Waals surface area (Å²) in [5.74, 6) is 1.04. The first-order chi connectivity index (χ1) is 13.0. The van der Waals surface area contributed by atoms with E-state index in [0.29, 0.717) is 36.8 Å². The fourth-order valence-electron chi connectivity index (χ4n) is 2.91. The molecule has 2 aromatic rings. The third-order valence-corrected chi connectivity index (χ3v) is 5.40. The number of likely N-dealkylation sites (N-methyl/N-ethyl adjacent to an activating group) is 1. The van der Waals surface area contributed by atoms with Crippen molar-refractivity contribution in [2.24, 2.45) is 0 Å². The van der Waals surface area contributed by atoms with E-state index in [9.17, 15) is 9.59 Å². The van der Waals surface area contributed by atoms with Crippen molar-refractivity contribution in [3.8, 4) is 11.5 Å². The molecule has 1 aromatic heterocycles. The van der Waals surface area contributed by atoms with Crippen LogP contribution in [0.4, 0.5) is 0 Å². The first-order valence-electron chi connectivity index (χ1n) is 8.94. The highest BCUT2D eigenvalue weighted by Gasteiger charge is 2.18. The molecule has 0 saturated heterocycles. The average molecular weight is 388 g/mol. The molecule has 0 bridgehead atoms. The van der Waals surface area contributed by atoms with Gasteiger partial charge in [0.15, 0.2) is 17.3 Å². The van der Waals surface area contributed by atoms with Gasteiger partial charge in [0.1, 0.15) is 13.2 Å². The summed E-state index contributed by atoms with van der Waals surface area (Å²) >= 11 is 1.67. The molecular weight excluding hydrogens is 364 g/mol. The van der Waals surface area contributed by atoms with Crippen LogP contribution < -0.4 is 14.8 Å². The molecule has 1 unspecified atom stereocenters. The maximum atomic E-state index is 12.4. The molecule has 1 aliphatic heterocycles. The van der Waals surface area contributed by atoms with Crippen molar-refractivity contribution in [3.05, 3.63) is 46.2 Å². The number of hydrogen-bond acceptors (Lipinski definition) is 6. The first kappa shape index (κ1) is 19.4. The zero-order valence-corrected chi connectivity index (χ0v) is 16.4. The Morgan fingerprint density at radius 1 is 1.15 bits per heavy atom. The summed E-state index contributed by atoms with van der Waals surface area (Å²) in [7, 11) is 3.98. The van der Waals surface area contributed by atoms with E-state index in [2.05, 4.69) is 16.3 Å². The predicted octanol–water partition coefficient (Wildman–Crippen LogP) is 2.90. The minimum atomic E-state index is -0.121. The Labute approximate surface area is 163 Å². The summed E-state index contributed by atoms with van der Waals surface area (Å²) in [6, 6.07) is 9.34. The second-order valence-corrected chi connectivity index (χ2v) is 7.56. The number of hydrogen-bond donors (Lipinski definition) is 1. The van der Waals surface area contributed by atoms with Crippen LogP contribution in [0.5, 0.6) is 11.5 Å². The van der Waals surface area contributed by atoms with Crippen molar-refractivity contribution in [1.29, 1.82) is 0 Å². The molecule has 2 heterocycles. The van der Waals surface area contributed by atoms with Gasteiger partial charge in [-0.05, 0) is 43.7 Å². The lowest BCUT2D eigenvalue weighted by molar-refractivity contribution is -0.121. The number of carbonyl (C=O) groups excluding carboxylic acids is 2. The van der Waals surface area contributed by atoms with E-state index in [1.54, 1.807) is 29.5 Å². The number of nitrogens with zero attached hydrogens (tertiary/aromatic N) is 1. The number of thiophene rings is 1. The van der Waals surface area contributed by atoms with Crippen LogP contribution in [0, 0.1) is 0 Å². The highest BCUT2D eigenvalue weighted by molar-refractivity contribution is 7.10. The summed E-state index contributed by atoms with van der Waals surface area (Å²) in [6.07, 6.45) is 0.328. The Morgan fingerprint density at radius 3 is 2.63 bits per heavy atom. The van der Waals surface area contributed by atoms with E-state index in [-0.39, 0.29) is 30.6 Å². The first-order valence-corrected chi connectivity index (χ1v) is 9.82. The van der Waals surface area contributed by atoms with Crippen LogP contribution in [-0.4, -0.2) is 50.4 Å². The summed E-state index contributed by atoms with van der Waals surface area (Å²) in [4.78, 5) is 27.8.